The lowest BCUT2D eigenvalue weighted by atomic mass is 10.0. The minimum Gasteiger partial charge on any atom is -0.462 e. The number of benzene rings is 4. The number of aryl methyl sites for hydroxylation is 1. The quantitative estimate of drug-likeness (QED) is 0.0607. The van der Waals surface area contributed by atoms with Crippen molar-refractivity contribution in [3.63, 3.8) is 0 Å². The third-order valence-electron chi connectivity index (χ3n) is 7.57. The van der Waals surface area contributed by atoms with E-state index in [1.165, 1.54) is 0 Å². The van der Waals surface area contributed by atoms with Gasteiger partial charge >= 0.3 is 11.9 Å². The minimum absolute atomic E-state index is 0.229. The number of esters is 2. The Labute approximate surface area is 282 Å². The second-order valence-electron chi connectivity index (χ2n) is 11.3. The number of hydrogen-bond acceptors (Lipinski definition) is 10. The van der Waals surface area contributed by atoms with Crippen molar-refractivity contribution < 1.29 is 19.1 Å². The number of thiazole rings is 1. The van der Waals surface area contributed by atoms with Gasteiger partial charge in [0.2, 0.25) is 0 Å². The van der Waals surface area contributed by atoms with E-state index >= 15 is 0 Å². The van der Waals surface area contributed by atoms with Crippen LogP contribution in [0.3, 0.4) is 0 Å². The molecule has 0 atom stereocenters. The van der Waals surface area contributed by atoms with Crippen LogP contribution in [0, 0.1) is 6.92 Å². The number of ether oxygens (including phenoxy) is 2. The summed E-state index contributed by atoms with van der Waals surface area (Å²) in [5.41, 5.74) is 8.64. The first-order valence-corrected chi connectivity index (χ1v) is 16.3. The van der Waals surface area contributed by atoms with Gasteiger partial charge in [0, 0.05) is 34.2 Å². The molecule has 6 aromatic rings. The number of aromatic nitrogens is 2. The van der Waals surface area contributed by atoms with E-state index in [-0.39, 0.29) is 6.61 Å². The number of para-hydroxylation sites is 2. The van der Waals surface area contributed by atoms with Crippen LogP contribution in [-0.4, -0.2) is 60.7 Å². The van der Waals surface area contributed by atoms with E-state index in [4.69, 9.17) is 19.4 Å². The number of rotatable bonds is 12. The summed E-state index contributed by atoms with van der Waals surface area (Å²) < 4.78 is 10.9. The molecule has 0 saturated carbocycles. The van der Waals surface area contributed by atoms with Gasteiger partial charge in [0.1, 0.15) is 11.6 Å². The fraction of sp³-hybridized carbons (Fsp3) is 0.189. The predicted octanol–water partition coefficient (Wildman–Crippen LogP) is 8.05. The van der Waals surface area contributed by atoms with Crippen molar-refractivity contribution in [3.8, 4) is 10.6 Å². The van der Waals surface area contributed by atoms with Crippen molar-refractivity contribution in [2.45, 2.75) is 13.3 Å². The van der Waals surface area contributed by atoms with E-state index in [1.54, 1.807) is 59.9 Å². The molecule has 242 valence electrons. The smallest absolute Gasteiger partial charge is 0.338 e. The molecule has 1 N–H and O–H groups in total. The zero-order valence-corrected chi connectivity index (χ0v) is 27.7. The molecule has 0 aliphatic heterocycles. The molecule has 0 radical (unpaired) electrons. The van der Waals surface area contributed by atoms with Crippen LogP contribution in [0.5, 0.6) is 0 Å². The fourth-order valence-electron chi connectivity index (χ4n) is 5.08. The molecular formula is C37H34N6O4S. The maximum absolute atomic E-state index is 12.8. The summed E-state index contributed by atoms with van der Waals surface area (Å²) in [7, 11) is 3.83. The van der Waals surface area contributed by atoms with Crippen LogP contribution in [-0.2, 0) is 15.9 Å². The number of fused-ring (bicyclic) bond motifs is 2. The zero-order chi connectivity index (χ0) is 33.5. The van der Waals surface area contributed by atoms with Crippen LogP contribution in [0.2, 0.25) is 0 Å². The molecule has 2 aromatic heterocycles. The average Bonchev–Trinajstić information content (AvgIpc) is 3.46. The maximum atomic E-state index is 12.8. The highest BCUT2D eigenvalue weighted by atomic mass is 32.1. The van der Waals surface area contributed by atoms with Gasteiger partial charge in [0.25, 0.3) is 0 Å². The first-order chi connectivity index (χ1) is 23.4. The summed E-state index contributed by atoms with van der Waals surface area (Å²) in [4.78, 5) is 37.8. The molecule has 2 heterocycles. The normalized spacial score (nSPS) is 11.4. The number of likely N-dealkylation sites (N-methyl/N-ethyl adjacent to an activating group) is 1. The molecule has 0 fully saturated rings. The Morgan fingerprint density at radius 2 is 1.46 bits per heavy atom. The van der Waals surface area contributed by atoms with Crippen LogP contribution >= 0.6 is 11.3 Å². The third-order valence-corrected chi connectivity index (χ3v) is 8.81. The number of pyridine rings is 1. The Kier molecular flexibility index (Phi) is 10.1. The van der Waals surface area contributed by atoms with E-state index in [9.17, 15) is 9.59 Å². The third kappa shape index (κ3) is 7.71. The second kappa shape index (κ2) is 14.9. The molecule has 0 aliphatic rings. The summed E-state index contributed by atoms with van der Waals surface area (Å²) >= 11 is 1.62. The molecule has 48 heavy (non-hydrogen) atoms. The molecule has 0 bridgehead atoms. The Morgan fingerprint density at radius 3 is 2.17 bits per heavy atom. The van der Waals surface area contributed by atoms with Crippen LogP contribution in [0.25, 0.3) is 32.4 Å². The minimum atomic E-state index is -0.417. The van der Waals surface area contributed by atoms with Gasteiger partial charge in [-0.05, 0) is 75.6 Å². The number of nitrogens with one attached hydrogen (secondary N) is 1. The van der Waals surface area contributed by atoms with Gasteiger partial charge in [0.05, 0.1) is 45.8 Å². The van der Waals surface area contributed by atoms with Crippen LogP contribution in [0.4, 0.5) is 11.4 Å². The van der Waals surface area contributed by atoms with Crippen molar-refractivity contribution in [1.29, 1.82) is 0 Å². The topological polar surface area (TPSA) is 118 Å². The Bertz CT molecular complexity index is 2060. The summed E-state index contributed by atoms with van der Waals surface area (Å²) in [5, 5.41) is 11.2. The van der Waals surface area contributed by atoms with E-state index in [0.717, 1.165) is 42.9 Å². The largest absolute Gasteiger partial charge is 0.462 e. The molecule has 0 saturated heterocycles. The van der Waals surface area contributed by atoms with E-state index in [2.05, 4.69) is 27.9 Å². The van der Waals surface area contributed by atoms with Crippen molar-refractivity contribution in [2.24, 2.45) is 10.3 Å². The lowest BCUT2D eigenvalue weighted by Crippen LogP contribution is -2.20. The first-order valence-electron chi connectivity index (χ1n) is 15.5. The Morgan fingerprint density at radius 1 is 0.792 bits per heavy atom. The Balaban J connectivity index is 1.04. The molecule has 0 amide bonds. The van der Waals surface area contributed by atoms with Crippen molar-refractivity contribution in [3.05, 3.63) is 119 Å². The molecule has 4 aromatic carbocycles. The monoisotopic (exact) mass is 658 g/mol. The average molecular weight is 659 g/mol. The first kappa shape index (κ1) is 32.4. The van der Waals surface area contributed by atoms with Gasteiger partial charge in [-0.15, -0.1) is 16.5 Å². The second-order valence-corrected chi connectivity index (χ2v) is 12.4. The number of nitrogens with zero attached hydrogens (tertiary/aromatic N) is 5. The molecular weight excluding hydrogens is 625 g/mol. The summed E-state index contributed by atoms with van der Waals surface area (Å²) in [6.07, 6.45) is 0.559. The van der Waals surface area contributed by atoms with E-state index < -0.39 is 11.9 Å². The summed E-state index contributed by atoms with van der Waals surface area (Å²) in [5.74, 6) is -0.821. The van der Waals surface area contributed by atoms with Crippen LogP contribution in [0.1, 0.15) is 31.3 Å². The predicted molar refractivity (Wildman–Crippen MR) is 189 cm³/mol. The van der Waals surface area contributed by atoms with Gasteiger partial charge < -0.3 is 14.4 Å². The van der Waals surface area contributed by atoms with Crippen molar-refractivity contribution >= 4 is 56.5 Å². The van der Waals surface area contributed by atoms with Crippen LogP contribution < -0.4 is 5.43 Å². The Hall–Kier alpha value is -5.52. The van der Waals surface area contributed by atoms with Crippen molar-refractivity contribution in [1.82, 2.24) is 14.9 Å². The van der Waals surface area contributed by atoms with Gasteiger partial charge in [-0.1, -0.05) is 47.7 Å². The molecule has 10 nitrogen and oxygen atoms in total. The summed E-state index contributed by atoms with van der Waals surface area (Å²) in [6.45, 7) is 3.17. The summed E-state index contributed by atoms with van der Waals surface area (Å²) in [6, 6.07) is 29.7. The SMILES string of the molecule is Cc1nc(-c2c3ccccc3nc3ccccc23)sc1CCOC(=O)c1ccc(N=NNc2cccc(C(=O)OCCN(C)C)c2)cc1. The zero-order valence-electron chi connectivity index (χ0n) is 26.8. The number of carbonyl (C=O) groups excluding carboxylic acids is 2. The standard InChI is InChI=1S/C37H34N6O4S/c1-24-33(48-35(38-24)34-29-11-4-6-13-31(29)39-32-14-7-5-12-30(32)34)19-21-46-36(44)25-15-17-27(18-16-25)40-42-41-28-10-8-9-26(23-28)37(45)47-22-20-43(2)3/h4-18,23H,19-22H2,1-3H3,(H,40,41). The number of anilines is 1. The van der Waals surface area contributed by atoms with Gasteiger partial charge in [-0.2, -0.15) is 0 Å². The van der Waals surface area contributed by atoms with E-state index in [0.29, 0.717) is 42.1 Å². The fourth-order valence-corrected chi connectivity index (χ4v) is 6.20. The highest BCUT2D eigenvalue weighted by Crippen LogP contribution is 2.38. The van der Waals surface area contributed by atoms with Gasteiger partial charge in [0.15, 0.2) is 0 Å². The molecule has 0 unspecified atom stereocenters. The lowest BCUT2D eigenvalue weighted by molar-refractivity contribution is 0.0479. The van der Waals surface area contributed by atoms with Gasteiger partial charge in [-0.25, -0.2) is 19.6 Å². The molecule has 11 heteroatoms. The highest BCUT2D eigenvalue weighted by molar-refractivity contribution is 7.15. The molecule has 0 spiro atoms. The van der Waals surface area contributed by atoms with E-state index in [1.807, 2.05) is 62.3 Å². The number of hydrogen-bond donors (Lipinski definition) is 1. The highest BCUT2D eigenvalue weighted by Gasteiger charge is 2.17. The lowest BCUT2D eigenvalue weighted by Gasteiger charge is -2.10. The maximum Gasteiger partial charge on any atom is 0.338 e. The van der Waals surface area contributed by atoms with Crippen LogP contribution in [0.15, 0.2) is 107 Å². The number of carbonyl (C=O) groups is 2. The molecule has 6 rings (SSSR count). The molecule has 0 aliphatic carbocycles. The van der Waals surface area contributed by atoms with Gasteiger partial charge in [-0.3, -0.25) is 5.43 Å². The van der Waals surface area contributed by atoms with Crippen molar-refractivity contribution in [2.75, 3.05) is 39.3 Å².